The van der Waals surface area contributed by atoms with Crippen LogP contribution in [0.25, 0.3) is 0 Å². The Morgan fingerprint density at radius 1 is 1.14 bits per heavy atom. The van der Waals surface area contributed by atoms with Gasteiger partial charge in [-0.25, -0.2) is 4.39 Å². The lowest BCUT2D eigenvalue weighted by Gasteiger charge is -2.45. The number of likely N-dealkylation sites (tertiary alicyclic amines) is 1. The molecule has 5 rings (SSSR count). The molecule has 3 aliphatic rings. The molecule has 1 saturated carbocycles. The highest BCUT2D eigenvalue weighted by Gasteiger charge is 2.48. The Balaban J connectivity index is 1.28. The summed E-state index contributed by atoms with van der Waals surface area (Å²) in [6.45, 7) is 1.70. The van der Waals surface area contributed by atoms with Crippen LogP contribution in [0.3, 0.4) is 0 Å². The van der Waals surface area contributed by atoms with Gasteiger partial charge >= 0.3 is 6.18 Å². The van der Waals surface area contributed by atoms with E-state index in [1.165, 1.54) is 6.07 Å². The summed E-state index contributed by atoms with van der Waals surface area (Å²) in [5.74, 6) is 0.463. The molecule has 0 bridgehead atoms. The largest absolute Gasteiger partial charge is 0.417 e. The maximum atomic E-state index is 15.3. The van der Waals surface area contributed by atoms with Crippen molar-refractivity contribution in [3.05, 3.63) is 68.7 Å². The standard InChI is InChI=1S/C25H22Cl2F4N2O2/c1-23(17-9-18(25(29,30)31)22(27)19(26)10-17)11-20(32-35-23)15-4-6-16(7-5-15)24(28)12-33(13-24)21(34)8-14-2-3-14/h4-7,9-10,14H,2-3,8,11-13H2,1H3. The molecule has 1 unspecified atom stereocenters. The van der Waals surface area contributed by atoms with Gasteiger partial charge in [0.15, 0.2) is 11.3 Å². The predicted molar refractivity (Wildman–Crippen MR) is 124 cm³/mol. The van der Waals surface area contributed by atoms with E-state index in [1.807, 2.05) is 0 Å². The normalized spacial score (nSPS) is 23.5. The maximum Gasteiger partial charge on any atom is 0.417 e. The van der Waals surface area contributed by atoms with Crippen LogP contribution in [0.15, 0.2) is 41.6 Å². The number of carbonyl (C=O) groups is 1. The Hall–Kier alpha value is -2.32. The molecule has 2 fully saturated rings. The number of alkyl halides is 4. The molecule has 0 radical (unpaired) electrons. The Labute approximate surface area is 209 Å². The number of benzene rings is 2. The molecule has 0 aromatic heterocycles. The average molecular weight is 529 g/mol. The Morgan fingerprint density at radius 2 is 1.80 bits per heavy atom. The number of oxime groups is 1. The van der Waals surface area contributed by atoms with Crippen LogP contribution < -0.4 is 0 Å². The molecule has 1 saturated heterocycles. The van der Waals surface area contributed by atoms with Gasteiger partial charge in [-0.05, 0) is 48.9 Å². The van der Waals surface area contributed by atoms with Crippen LogP contribution in [0, 0.1) is 5.92 Å². The number of halogens is 6. The van der Waals surface area contributed by atoms with Crippen LogP contribution in [0.5, 0.6) is 0 Å². The molecule has 2 aromatic carbocycles. The van der Waals surface area contributed by atoms with Gasteiger partial charge in [-0.3, -0.25) is 4.79 Å². The lowest BCUT2D eigenvalue weighted by atomic mass is 9.85. The minimum Gasteiger partial charge on any atom is -0.384 e. The summed E-state index contributed by atoms with van der Waals surface area (Å²) in [6.07, 6.45) is -1.85. The van der Waals surface area contributed by atoms with Crippen molar-refractivity contribution in [1.29, 1.82) is 0 Å². The zero-order chi connectivity index (χ0) is 25.2. The lowest BCUT2D eigenvalue weighted by molar-refractivity contribution is -0.146. The first-order valence-corrected chi connectivity index (χ1v) is 12.0. The summed E-state index contributed by atoms with van der Waals surface area (Å²) in [7, 11) is 0. The Kier molecular flexibility index (Phi) is 5.83. The Bertz CT molecular complexity index is 1210. The third-order valence-electron chi connectivity index (χ3n) is 6.94. The van der Waals surface area contributed by atoms with Crippen molar-refractivity contribution in [2.45, 2.75) is 50.1 Å². The van der Waals surface area contributed by atoms with Gasteiger partial charge < -0.3 is 9.74 Å². The number of amides is 1. The van der Waals surface area contributed by atoms with Crippen molar-refractivity contribution in [2.75, 3.05) is 13.1 Å². The third kappa shape index (κ3) is 4.62. The van der Waals surface area contributed by atoms with Crippen molar-refractivity contribution >= 4 is 34.8 Å². The van der Waals surface area contributed by atoms with Crippen LogP contribution in [0.4, 0.5) is 17.6 Å². The topological polar surface area (TPSA) is 41.9 Å². The van der Waals surface area contributed by atoms with Gasteiger partial charge in [-0.1, -0.05) is 52.6 Å². The zero-order valence-corrected chi connectivity index (χ0v) is 20.3. The summed E-state index contributed by atoms with van der Waals surface area (Å²) >= 11 is 11.7. The van der Waals surface area contributed by atoms with Gasteiger partial charge in [0.2, 0.25) is 5.91 Å². The van der Waals surface area contributed by atoms with Gasteiger partial charge in [-0.2, -0.15) is 13.2 Å². The molecular formula is C25H22Cl2F4N2O2. The average Bonchev–Trinajstić information content (AvgIpc) is 3.50. The molecule has 0 N–H and O–H groups in total. The SMILES string of the molecule is CC1(c2cc(Cl)c(Cl)c(C(F)(F)F)c2)CC(c2ccc(C3(F)CN(C(=O)CC4CC4)C3)cc2)=NO1. The first-order chi connectivity index (χ1) is 16.4. The second kappa shape index (κ2) is 8.37. The van der Waals surface area contributed by atoms with E-state index in [1.54, 1.807) is 36.1 Å². The number of nitrogens with zero attached hydrogens (tertiary/aromatic N) is 2. The number of rotatable bonds is 5. The van der Waals surface area contributed by atoms with E-state index in [0.717, 1.165) is 18.9 Å². The first-order valence-electron chi connectivity index (χ1n) is 11.3. The molecule has 186 valence electrons. The minimum atomic E-state index is -4.67. The van der Waals surface area contributed by atoms with Crippen LogP contribution in [-0.2, 0) is 27.1 Å². The van der Waals surface area contributed by atoms with Gasteiger partial charge in [0.1, 0.15) is 0 Å². The second-order valence-electron chi connectivity index (χ2n) is 9.79. The lowest BCUT2D eigenvalue weighted by Crippen LogP contribution is -2.58. The maximum absolute atomic E-state index is 15.3. The van der Waals surface area contributed by atoms with Gasteiger partial charge in [0.05, 0.1) is 34.4 Å². The van der Waals surface area contributed by atoms with Gasteiger partial charge in [0.25, 0.3) is 0 Å². The summed E-state index contributed by atoms with van der Waals surface area (Å²) in [4.78, 5) is 19.3. The van der Waals surface area contributed by atoms with Gasteiger partial charge in [0, 0.05) is 18.4 Å². The van der Waals surface area contributed by atoms with Crippen molar-refractivity contribution in [1.82, 2.24) is 4.90 Å². The van der Waals surface area contributed by atoms with Crippen molar-refractivity contribution in [3.63, 3.8) is 0 Å². The quantitative estimate of drug-likeness (QED) is 0.398. The molecule has 1 atom stereocenters. The molecule has 0 spiro atoms. The highest BCUT2D eigenvalue weighted by molar-refractivity contribution is 6.42. The second-order valence-corrected chi connectivity index (χ2v) is 10.6. The van der Waals surface area contributed by atoms with Crippen LogP contribution in [0.1, 0.15) is 54.9 Å². The Morgan fingerprint density at radius 3 is 2.40 bits per heavy atom. The molecular weight excluding hydrogens is 507 g/mol. The van der Waals surface area contributed by atoms with E-state index < -0.39 is 28.0 Å². The van der Waals surface area contributed by atoms with Crippen LogP contribution in [-0.4, -0.2) is 29.6 Å². The number of carbonyl (C=O) groups excluding carboxylic acids is 1. The summed E-state index contributed by atoms with van der Waals surface area (Å²) in [6, 6.07) is 8.98. The monoisotopic (exact) mass is 528 g/mol. The van der Waals surface area contributed by atoms with E-state index in [9.17, 15) is 18.0 Å². The fourth-order valence-electron chi connectivity index (χ4n) is 4.53. The number of hydrogen-bond donors (Lipinski definition) is 0. The summed E-state index contributed by atoms with van der Waals surface area (Å²) in [5.41, 5.74) is -1.96. The van der Waals surface area contributed by atoms with E-state index in [4.69, 9.17) is 28.0 Å². The molecule has 10 heteroatoms. The molecule has 2 aliphatic heterocycles. The minimum absolute atomic E-state index is 0.00474. The fraction of sp³-hybridized carbons (Fsp3) is 0.440. The molecule has 1 amide bonds. The van der Waals surface area contributed by atoms with E-state index >= 15 is 4.39 Å². The highest BCUT2D eigenvalue weighted by atomic mass is 35.5. The van der Waals surface area contributed by atoms with Crippen molar-refractivity contribution < 1.29 is 27.2 Å². The summed E-state index contributed by atoms with van der Waals surface area (Å²) < 4.78 is 55.5. The van der Waals surface area contributed by atoms with Gasteiger partial charge in [-0.15, -0.1) is 0 Å². The predicted octanol–water partition coefficient (Wildman–Crippen LogP) is 6.86. The molecule has 2 heterocycles. The molecule has 1 aliphatic carbocycles. The van der Waals surface area contributed by atoms with E-state index in [0.29, 0.717) is 29.2 Å². The van der Waals surface area contributed by atoms with Crippen molar-refractivity contribution in [3.8, 4) is 0 Å². The van der Waals surface area contributed by atoms with Crippen molar-refractivity contribution in [2.24, 2.45) is 11.1 Å². The first kappa shape index (κ1) is 24.4. The van der Waals surface area contributed by atoms with Crippen LogP contribution >= 0.6 is 23.2 Å². The highest BCUT2D eigenvalue weighted by Crippen LogP contribution is 2.44. The van der Waals surface area contributed by atoms with Crippen LogP contribution in [0.2, 0.25) is 10.0 Å². The summed E-state index contributed by atoms with van der Waals surface area (Å²) in [5, 5.41) is 3.30. The molecule has 35 heavy (non-hydrogen) atoms. The molecule has 4 nitrogen and oxygen atoms in total. The van der Waals surface area contributed by atoms with E-state index in [-0.39, 0.29) is 36.0 Å². The number of hydrogen-bond acceptors (Lipinski definition) is 3. The van der Waals surface area contributed by atoms with E-state index in [2.05, 4.69) is 5.16 Å². The smallest absolute Gasteiger partial charge is 0.384 e. The fourth-order valence-corrected chi connectivity index (χ4v) is 4.96. The zero-order valence-electron chi connectivity index (χ0n) is 18.8. The third-order valence-corrected chi connectivity index (χ3v) is 7.74. The molecule has 2 aromatic rings.